The molecule has 118 valence electrons. The van der Waals surface area contributed by atoms with Gasteiger partial charge in [-0.2, -0.15) is 0 Å². The van der Waals surface area contributed by atoms with E-state index in [2.05, 4.69) is 38.0 Å². The molecule has 0 saturated carbocycles. The van der Waals surface area contributed by atoms with Crippen LogP contribution in [0, 0.1) is 16.7 Å². The minimum Gasteiger partial charge on any atom is -0.381 e. The predicted molar refractivity (Wildman–Crippen MR) is 85.0 cm³/mol. The summed E-state index contributed by atoms with van der Waals surface area (Å²) in [6.45, 7) is 13.9. The summed E-state index contributed by atoms with van der Waals surface area (Å²) in [5.41, 5.74) is 0.824. The molecule has 2 aliphatic rings. The molecule has 2 fully saturated rings. The van der Waals surface area contributed by atoms with Crippen molar-refractivity contribution in [2.45, 2.75) is 46.5 Å². The molecular weight excluding hydrogens is 248 g/mol. The van der Waals surface area contributed by atoms with E-state index in [1.54, 1.807) is 0 Å². The van der Waals surface area contributed by atoms with Crippen LogP contribution >= 0.6 is 0 Å². The molecule has 0 aliphatic carbocycles. The third-order valence-corrected chi connectivity index (χ3v) is 5.33. The van der Waals surface area contributed by atoms with Crippen LogP contribution in [0.25, 0.3) is 0 Å². The summed E-state index contributed by atoms with van der Waals surface area (Å²) in [5, 5.41) is 3.39. The summed E-state index contributed by atoms with van der Waals surface area (Å²) in [6, 6.07) is 0. The van der Waals surface area contributed by atoms with Gasteiger partial charge in [-0.15, -0.1) is 0 Å². The Bertz CT molecular complexity index is 278. The number of ether oxygens (including phenoxy) is 1. The Morgan fingerprint density at radius 1 is 1.25 bits per heavy atom. The van der Waals surface area contributed by atoms with Gasteiger partial charge in [-0.1, -0.05) is 20.8 Å². The maximum absolute atomic E-state index is 5.79. The highest BCUT2D eigenvalue weighted by Gasteiger charge is 2.36. The lowest BCUT2D eigenvalue weighted by Gasteiger charge is -2.44. The van der Waals surface area contributed by atoms with Gasteiger partial charge in [-0.25, -0.2) is 0 Å². The van der Waals surface area contributed by atoms with Crippen LogP contribution < -0.4 is 5.32 Å². The van der Waals surface area contributed by atoms with Crippen LogP contribution in [0.3, 0.4) is 0 Å². The van der Waals surface area contributed by atoms with Gasteiger partial charge in [-0.05, 0) is 57.2 Å². The monoisotopic (exact) mass is 282 g/mol. The fourth-order valence-corrected chi connectivity index (χ4v) is 4.04. The number of hydrogen-bond acceptors (Lipinski definition) is 3. The standard InChI is InChI=1S/C17H34N2O/c1-16(2,3)15-6-9-19(10-7-15)13-17(12-18-4)8-5-11-20-14-17/h15,18H,5-14H2,1-4H3. The maximum atomic E-state index is 5.79. The molecule has 2 rings (SSSR count). The van der Waals surface area contributed by atoms with Crippen LogP contribution in [0.15, 0.2) is 0 Å². The molecule has 0 amide bonds. The number of likely N-dealkylation sites (tertiary alicyclic amines) is 1. The number of rotatable bonds is 4. The summed E-state index contributed by atoms with van der Waals surface area (Å²) in [7, 11) is 2.07. The molecule has 1 unspecified atom stereocenters. The lowest BCUT2D eigenvalue weighted by molar-refractivity contribution is -0.0328. The predicted octanol–water partition coefficient (Wildman–Crippen LogP) is 2.76. The fraction of sp³-hybridized carbons (Fsp3) is 1.00. The van der Waals surface area contributed by atoms with Crippen molar-refractivity contribution >= 4 is 0 Å². The second-order valence-electron chi connectivity index (χ2n) is 8.10. The topological polar surface area (TPSA) is 24.5 Å². The zero-order valence-electron chi connectivity index (χ0n) is 14.0. The Morgan fingerprint density at radius 3 is 2.45 bits per heavy atom. The van der Waals surface area contributed by atoms with Gasteiger partial charge in [0.05, 0.1) is 6.61 Å². The van der Waals surface area contributed by atoms with Gasteiger partial charge >= 0.3 is 0 Å². The second kappa shape index (κ2) is 6.76. The van der Waals surface area contributed by atoms with Crippen molar-refractivity contribution < 1.29 is 4.74 Å². The smallest absolute Gasteiger partial charge is 0.0546 e. The first-order chi connectivity index (χ1) is 9.45. The van der Waals surface area contributed by atoms with Gasteiger partial charge in [0.15, 0.2) is 0 Å². The van der Waals surface area contributed by atoms with Gasteiger partial charge in [-0.3, -0.25) is 0 Å². The molecular formula is C17H34N2O. The maximum Gasteiger partial charge on any atom is 0.0546 e. The molecule has 0 aromatic rings. The number of hydrogen-bond donors (Lipinski definition) is 1. The van der Waals surface area contributed by atoms with E-state index in [-0.39, 0.29) is 0 Å². The van der Waals surface area contributed by atoms with Crippen molar-refractivity contribution in [3.63, 3.8) is 0 Å². The van der Waals surface area contributed by atoms with E-state index in [0.717, 1.165) is 25.7 Å². The lowest BCUT2D eigenvalue weighted by atomic mass is 9.74. The highest BCUT2D eigenvalue weighted by molar-refractivity contribution is 4.89. The van der Waals surface area contributed by atoms with Crippen molar-refractivity contribution in [3.8, 4) is 0 Å². The summed E-state index contributed by atoms with van der Waals surface area (Å²) in [5.74, 6) is 0.890. The van der Waals surface area contributed by atoms with Crippen molar-refractivity contribution in [1.29, 1.82) is 0 Å². The molecule has 20 heavy (non-hydrogen) atoms. The Hall–Kier alpha value is -0.120. The third-order valence-electron chi connectivity index (χ3n) is 5.33. The second-order valence-corrected chi connectivity index (χ2v) is 8.10. The molecule has 3 heteroatoms. The van der Waals surface area contributed by atoms with E-state index in [9.17, 15) is 0 Å². The van der Waals surface area contributed by atoms with E-state index in [4.69, 9.17) is 4.74 Å². The van der Waals surface area contributed by atoms with E-state index >= 15 is 0 Å². The zero-order valence-corrected chi connectivity index (χ0v) is 14.0. The Morgan fingerprint density at radius 2 is 1.95 bits per heavy atom. The summed E-state index contributed by atoms with van der Waals surface area (Å²) >= 11 is 0. The van der Waals surface area contributed by atoms with E-state index in [1.807, 2.05) is 0 Å². The van der Waals surface area contributed by atoms with Crippen LogP contribution in [0.1, 0.15) is 46.5 Å². The van der Waals surface area contributed by atoms with Crippen LogP contribution in [-0.2, 0) is 4.74 Å². The van der Waals surface area contributed by atoms with Crippen molar-refractivity contribution in [1.82, 2.24) is 10.2 Å². The first kappa shape index (κ1) is 16.3. The Kier molecular flexibility index (Phi) is 5.49. The van der Waals surface area contributed by atoms with Gasteiger partial charge in [0.25, 0.3) is 0 Å². The number of nitrogens with zero attached hydrogens (tertiary/aromatic N) is 1. The van der Waals surface area contributed by atoms with E-state index < -0.39 is 0 Å². The largest absolute Gasteiger partial charge is 0.381 e. The molecule has 0 radical (unpaired) electrons. The first-order valence-corrected chi connectivity index (χ1v) is 8.40. The highest BCUT2D eigenvalue weighted by atomic mass is 16.5. The summed E-state index contributed by atoms with van der Waals surface area (Å²) < 4.78 is 5.79. The number of piperidine rings is 1. The first-order valence-electron chi connectivity index (χ1n) is 8.40. The van der Waals surface area contributed by atoms with Gasteiger partial charge in [0.1, 0.15) is 0 Å². The SMILES string of the molecule is CNCC1(CN2CCC(C(C)(C)C)CC2)CCCOC1. The summed E-state index contributed by atoms with van der Waals surface area (Å²) in [4.78, 5) is 2.69. The Labute approximate surface area is 125 Å². The summed E-state index contributed by atoms with van der Waals surface area (Å²) in [6.07, 6.45) is 5.26. The Balaban J connectivity index is 1.86. The molecule has 2 aliphatic heterocycles. The number of nitrogens with one attached hydrogen (secondary N) is 1. The van der Waals surface area contributed by atoms with Gasteiger partial charge in [0, 0.05) is 25.1 Å². The normalized spacial score (nSPS) is 30.6. The molecule has 0 aromatic heterocycles. The van der Waals surface area contributed by atoms with Crippen LogP contribution in [0.4, 0.5) is 0 Å². The van der Waals surface area contributed by atoms with E-state index in [1.165, 1.54) is 45.3 Å². The van der Waals surface area contributed by atoms with Gasteiger partial charge < -0.3 is 15.0 Å². The molecule has 2 heterocycles. The highest BCUT2D eigenvalue weighted by Crippen LogP contribution is 2.36. The van der Waals surface area contributed by atoms with E-state index in [0.29, 0.717) is 10.8 Å². The van der Waals surface area contributed by atoms with Crippen molar-refractivity contribution in [3.05, 3.63) is 0 Å². The van der Waals surface area contributed by atoms with Crippen molar-refractivity contribution in [2.24, 2.45) is 16.7 Å². The van der Waals surface area contributed by atoms with Crippen LogP contribution in [-0.4, -0.2) is 51.3 Å². The average Bonchev–Trinajstić information content (AvgIpc) is 2.39. The molecule has 1 atom stereocenters. The molecule has 0 bridgehead atoms. The quantitative estimate of drug-likeness (QED) is 0.858. The minimum absolute atomic E-state index is 0.349. The lowest BCUT2D eigenvalue weighted by Crippen LogP contribution is -2.50. The zero-order chi connectivity index (χ0) is 14.6. The van der Waals surface area contributed by atoms with Crippen molar-refractivity contribution in [2.75, 3.05) is 46.4 Å². The van der Waals surface area contributed by atoms with Crippen LogP contribution in [0.5, 0.6) is 0 Å². The average molecular weight is 282 g/mol. The molecule has 1 N–H and O–H groups in total. The van der Waals surface area contributed by atoms with Crippen LogP contribution in [0.2, 0.25) is 0 Å². The molecule has 2 saturated heterocycles. The van der Waals surface area contributed by atoms with Gasteiger partial charge in [0.2, 0.25) is 0 Å². The minimum atomic E-state index is 0.349. The molecule has 0 spiro atoms. The molecule has 3 nitrogen and oxygen atoms in total. The fourth-order valence-electron chi connectivity index (χ4n) is 4.04. The molecule has 0 aromatic carbocycles. The third kappa shape index (κ3) is 4.19.